The molecular formula is C13H18ClF4NO. The van der Waals surface area contributed by atoms with Crippen molar-refractivity contribution in [2.75, 3.05) is 0 Å². The number of alkyl halides is 4. The number of ether oxygens (including phenoxy) is 1. The first-order chi connectivity index (χ1) is 8.72. The summed E-state index contributed by atoms with van der Waals surface area (Å²) in [4.78, 5) is 0. The molecule has 0 unspecified atom stereocenters. The third-order valence-electron chi connectivity index (χ3n) is 2.54. The second kappa shape index (κ2) is 7.69. The van der Waals surface area contributed by atoms with Gasteiger partial charge in [0.15, 0.2) is 0 Å². The fourth-order valence-electron chi connectivity index (χ4n) is 1.63. The molecule has 1 aromatic rings. The number of hydrogen-bond acceptors (Lipinski definition) is 2. The van der Waals surface area contributed by atoms with Crippen LogP contribution < -0.4 is 10.5 Å². The van der Waals surface area contributed by atoms with Gasteiger partial charge >= 0.3 is 12.5 Å². The minimum absolute atomic E-state index is 0. The normalized spacial score (nSPS) is 13.2. The molecule has 7 heteroatoms. The van der Waals surface area contributed by atoms with E-state index in [-0.39, 0.29) is 24.2 Å². The molecule has 1 rings (SSSR count). The van der Waals surface area contributed by atoms with E-state index in [2.05, 4.69) is 4.74 Å². The summed E-state index contributed by atoms with van der Waals surface area (Å²) in [5, 5.41) is 0. The maximum Gasteiger partial charge on any atom is 0.461 e. The third-order valence-corrected chi connectivity index (χ3v) is 2.54. The Kier molecular flexibility index (Phi) is 7.30. The van der Waals surface area contributed by atoms with Crippen LogP contribution in [0.2, 0.25) is 0 Å². The van der Waals surface area contributed by atoms with E-state index >= 15 is 0 Å². The van der Waals surface area contributed by atoms with Crippen molar-refractivity contribution in [2.45, 2.75) is 38.8 Å². The van der Waals surface area contributed by atoms with Crippen LogP contribution in [0.5, 0.6) is 5.75 Å². The fourth-order valence-corrected chi connectivity index (χ4v) is 1.63. The second-order valence-corrected chi connectivity index (χ2v) is 4.77. The van der Waals surface area contributed by atoms with E-state index in [0.717, 1.165) is 12.0 Å². The molecule has 0 aromatic heterocycles. The third kappa shape index (κ3) is 5.54. The summed E-state index contributed by atoms with van der Waals surface area (Å²) in [5.74, 6) is 0.0832. The van der Waals surface area contributed by atoms with Crippen molar-refractivity contribution in [1.82, 2.24) is 0 Å². The van der Waals surface area contributed by atoms with Crippen molar-refractivity contribution in [2.24, 2.45) is 11.7 Å². The lowest BCUT2D eigenvalue weighted by Crippen LogP contribution is -2.33. The zero-order valence-corrected chi connectivity index (χ0v) is 12.0. The average molecular weight is 316 g/mol. The Bertz CT molecular complexity index is 398. The molecule has 0 spiro atoms. The molecule has 0 saturated carbocycles. The number of hydrogen-bond donors (Lipinski definition) is 1. The Labute approximate surface area is 121 Å². The average Bonchev–Trinajstić information content (AvgIpc) is 2.28. The minimum Gasteiger partial charge on any atom is -0.428 e. The zero-order valence-electron chi connectivity index (χ0n) is 11.2. The molecule has 20 heavy (non-hydrogen) atoms. The molecule has 0 fully saturated rings. The molecule has 116 valence electrons. The Hall–Kier alpha value is -1.01. The van der Waals surface area contributed by atoms with Crippen molar-refractivity contribution in [3.8, 4) is 5.75 Å². The zero-order chi connectivity index (χ0) is 14.6. The summed E-state index contributed by atoms with van der Waals surface area (Å²) < 4.78 is 53.2. The number of rotatable bonds is 6. The van der Waals surface area contributed by atoms with Crippen molar-refractivity contribution in [3.05, 3.63) is 29.8 Å². The quantitative estimate of drug-likeness (QED) is 0.790. The van der Waals surface area contributed by atoms with Crippen LogP contribution >= 0.6 is 12.4 Å². The maximum atomic E-state index is 12.7. The van der Waals surface area contributed by atoms with Gasteiger partial charge in [-0.05, 0) is 30.0 Å². The smallest absolute Gasteiger partial charge is 0.428 e. The first-order valence-electron chi connectivity index (χ1n) is 5.93. The van der Waals surface area contributed by atoms with E-state index in [0.29, 0.717) is 5.92 Å². The van der Waals surface area contributed by atoms with Gasteiger partial charge in [-0.1, -0.05) is 26.0 Å². The molecular weight excluding hydrogens is 298 g/mol. The van der Waals surface area contributed by atoms with E-state index in [9.17, 15) is 17.6 Å². The fraction of sp³-hybridized carbons (Fsp3) is 0.538. The molecule has 0 heterocycles. The highest BCUT2D eigenvalue weighted by Gasteiger charge is 2.43. The van der Waals surface area contributed by atoms with Crippen molar-refractivity contribution in [1.29, 1.82) is 0 Å². The lowest BCUT2D eigenvalue weighted by atomic mass is 9.98. The molecule has 2 nitrogen and oxygen atoms in total. The highest BCUT2D eigenvalue weighted by Crippen LogP contribution is 2.28. The van der Waals surface area contributed by atoms with Gasteiger partial charge in [0.2, 0.25) is 0 Å². The van der Waals surface area contributed by atoms with Crippen LogP contribution in [0.15, 0.2) is 24.3 Å². The van der Waals surface area contributed by atoms with E-state index in [1.165, 1.54) is 24.3 Å². The summed E-state index contributed by atoms with van der Waals surface area (Å²) in [6.45, 7) is 4.03. The number of nitrogens with two attached hydrogens (primary N) is 1. The molecule has 0 aliphatic heterocycles. The van der Waals surface area contributed by atoms with Gasteiger partial charge in [0.1, 0.15) is 5.75 Å². The Balaban J connectivity index is 0.00000361. The van der Waals surface area contributed by atoms with Crippen LogP contribution in [-0.2, 0) is 0 Å². The molecule has 0 radical (unpaired) electrons. The summed E-state index contributed by atoms with van der Waals surface area (Å²) in [7, 11) is 0. The van der Waals surface area contributed by atoms with Gasteiger partial charge in [0.25, 0.3) is 0 Å². The number of benzene rings is 1. The Morgan fingerprint density at radius 3 is 2.05 bits per heavy atom. The predicted octanol–water partition coefficient (Wildman–Crippen LogP) is 4.39. The highest BCUT2D eigenvalue weighted by atomic mass is 35.5. The predicted molar refractivity (Wildman–Crippen MR) is 71.7 cm³/mol. The van der Waals surface area contributed by atoms with Crippen LogP contribution in [-0.4, -0.2) is 12.5 Å². The SMILES string of the molecule is CC(C)C[C@H](N)c1ccc(OC(F)(F)C(F)F)cc1.Cl. The Morgan fingerprint density at radius 1 is 1.15 bits per heavy atom. The monoisotopic (exact) mass is 315 g/mol. The maximum absolute atomic E-state index is 12.7. The summed E-state index contributed by atoms with van der Waals surface area (Å²) >= 11 is 0. The van der Waals surface area contributed by atoms with E-state index in [1.807, 2.05) is 13.8 Å². The molecule has 0 saturated heterocycles. The van der Waals surface area contributed by atoms with Gasteiger partial charge < -0.3 is 10.5 Å². The van der Waals surface area contributed by atoms with E-state index in [4.69, 9.17) is 5.73 Å². The van der Waals surface area contributed by atoms with Gasteiger partial charge in [-0.3, -0.25) is 0 Å². The molecule has 0 aliphatic rings. The van der Waals surface area contributed by atoms with Crippen LogP contribution in [0.1, 0.15) is 31.9 Å². The minimum atomic E-state index is -4.48. The summed E-state index contributed by atoms with van der Waals surface area (Å²) in [6.07, 6.45) is -7.61. The van der Waals surface area contributed by atoms with E-state index < -0.39 is 12.5 Å². The van der Waals surface area contributed by atoms with Crippen LogP contribution in [0, 0.1) is 5.92 Å². The lowest BCUT2D eigenvalue weighted by molar-refractivity contribution is -0.253. The highest BCUT2D eigenvalue weighted by molar-refractivity contribution is 5.85. The molecule has 0 bridgehead atoms. The van der Waals surface area contributed by atoms with Gasteiger partial charge in [-0.15, -0.1) is 12.4 Å². The molecule has 1 atom stereocenters. The van der Waals surface area contributed by atoms with Gasteiger partial charge in [0, 0.05) is 6.04 Å². The Morgan fingerprint density at radius 2 is 1.65 bits per heavy atom. The van der Waals surface area contributed by atoms with Gasteiger partial charge in [-0.2, -0.15) is 17.6 Å². The van der Waals surface area contributed by atoms with Crippen LogP contribution in [0.4, 0.5) is 17.6 Å². The number of halogens is 5. The van der Waals surface area contributed by atoms with Crippen molar-refractivity contribution < 1.29 is 22.3 Å². The topological polar surface area (TPSA) is 35.2 Å². The molecule has 0 amide bonds. The van der Waals surface area contributed by atoms with Crippen LogP contribution in [0.25, 0.3) is 0 Å². The van der Waals surface area contributed by atoms with Crippen molar-refractivity contribution in [3.63, 3.8) is 0 Å². The first kappa shape index (κ1) is 19.0. The lowest BCUT2D eigenvalue weighted by Gasteiger charge is -2.18. The first-order valence-corrected chi connectivity index (χ1v) is 5.93. The second-order valence-electron chi connectivity index (χ2n) is 4.77. The van der Waals surface area contributed by atoms with E-state index in [1.54, 1.807) is 0 Å². The largest absolute Gasteiger partial charge is 0.461 e. The molecule has 2 N–H and O–H groups in total. The molecule has 1 aromatic carbocycles. The standard InChI is InChI=1S/C13H17F4NO.ClH/c1-8(2)7-11(18)9-3-5-10(6-4-9)19-13(16,17)12(14)15;/h3-6,8,11-12H,7,18H2,1-2H3;1H/t11-;/m0./s1. The van der Waals surface area contributed by atoms with Crippen molar-refractivity contribution >= 4 is 12.4 Å². The summed E-state index contributed by atoms with van der Waals surface area (Å²) in [6, 6.07) is 5.22. The van der Waals surface area contributed by atoms with Crippen LogP contribution in [0.3, 0.4) is 0 Å². The van der Waals surface area contributed by atoms with Gasteiger partial charge in [-0.25, -0.2) is 0 Å². The summed E-state index contributed by atoms with van der Waals surface area (Å²) in [5.41, 5.74) is 6.66. The van der Waals surface area contributed by atoms with Gasteiger partial charge in [0.05, 0.1) is 0 Å². The molecule has 0 aliphatic carbocycles.